The lowest BCUT2D eigenvalue weighted by Gasteiger charge is -2.35. The van der Waals surface area contributed by atoms with Gasteiger partial charge in [0.15, 0.2) is 5.11 Å². The van der Waals surface area contributed by atoms with Crippen LogP contribution in [-0.4, -0.2) is 48.9 Å². The molecule has 1 fully saturated rings. The minimum absolute atomic E-state index is 0.0672. The zero-order chi connectivity index (χ0) is 19.6. The van der Waals surface area contributed by atoms with Crippen molar-refractivity contribution < 1.29 is 17.2 Å². The maximum absolute atomic E-state index is 13.7. The standard InChI is InChI=1S/C17H16ClF2N3O2S2/c18-12-1-4-14(5-2-12)27(24,25)23-9-7-22(8-10-23)17(26)21-16-6-3-13(19)11-15(16)20/h1-6,11H,7-10H2,(H,21,26). The molecule has 2 aromatic rings. The molecule has 2 aromatic carbocycles. The summed E-state index contributed by atoms with van der Waals surface area (Å²) >= 11 is 11.1. The van der Waals surface area contributed by atoms with Gasteiger partial charge in [-0.05, 0) is 48.6 Å². The molecule has 1 aliphatic rings. The van der Waals surface area contributed by atoms with Gasteiger partial charge in [-0.1, -0.05) is 11.6 Å². The van der Waals surface area contributed by atoms with Crippen LogP contribution in [0.3, 0.4) is 0 Å². The van der Waals surface area contributed by atoms with Gasteiger partial charge in [-0.25, -0.2) is 17.2 Å². The largest absolute Gasteiger partial charge is 0.346 e. The Labute approximate surface area is 166 Å². The first-order chi connectivity index (χ1) is 12.8. The third-order valence-electron chi connectivity index (χ3n) is 4.15. The molecule has 1 aliphatic heterocycles. The first-order valence-corrected chi connectivity index (χ1v) is 10.3. The van der Waals surface area contributed by atoms with Gasteiger partial charge in [0.1, 0.15) is 11.6 Å². The molecule has 3 rings (SSSR count). The molecule has 0 atom stereocenters. The van der Waals surface area contributed by atoms with Crippen molar-refractivity contribution >= 4 is 44.6 Å². The number of halogens is 3. The fraction of sp³-hybridized carbons (Fsp3) is 0.235. The van der Waals surface area contributed by atoms with Crippen molar-refractivity contribution in [3.05, 3.63) is 59.1 Å². The Kier molecular flexibility index (Phi) is 5.95. The van der Waals surface area contributed by atoms with E-state index in [9.17, 15) is 17.2 Å². The molecule has 0 amide bonds. The van der Waals surface area contributed by atoms with Gasteiger partial charge >= 0.3 is 0 Å². The molecular formula is C17H16ClF2N3O2S2. The lowest BCUT2D eigenvalue weighted by atomic mass is 10.3. The third kappa shape index (κ3) is 4.55. The van der Waals surface area contributed by atoms with Gasteiger partial charge in [0.05, 0.1) is 10.6 Å². The predicted molar refractivity (Wildman–Crippen MR) is 104 cm³/mol. The maximum Gasteiger partial charge on any atom is 0.243 e. The van der Waals surface area contributed by atoms with Crippen LogP contribution in [0.5, 0.6) is 0 Å². The molecule has 1 N–H and O–H groups in total. The molecule has 5 nitrogen and oxygen atoms in total. The topological polar surface area (TPSA) is 52.7 Å². The van der Waals surface area contributed by atoms with Crippen molar-refractivity contribution in [2.45, 2.75) is 4.90 Å². The van der Waals surface area contributed by atoms with Gasteiger partial charge in [-0.2, -0.15) is 4.31 Å². The fourth-order valence-corrected chi connectivity index (χ4v) is 4.51. The SMILES string of the molecule is O=S(=O)(c1ccc(Cl)cc1)N1CCN(C(=S)Nc2ccc(F)cc2F)CC1. The van der Waals surface area contributed by atoms with Crippen molar-refractivity contribution in [2.75, 3.05) is 31.5 Å². The van der Waals surface area contributed by atoms with Crippen LogP contribution in [-0.2, 0) is 10.0 Å². The summed E-state index contributed by atoms with van der Waals surface area (Å²) < 4.78 is 53.4. The van der Waals surface area contributed by atoms with Crippen LogP contribution < -0.4 is 5.32 Å². The summed E-state index contributed by atoms with van der Waals surface area (Å²) in [5.41, 5.74) is 0.0672. The Morgan fingerprint density at radius 3 is 2.26 bits per heavy atom. The van der Waals surface area contributed by atoms with Gasteiger partial charge in [-0.3, -0.25) is 0 Å². The second-order valence-electron chi connectivity index (χ2n) is 5.90. The predicted octanol–water partition coefficient (Wildman–Crippen LogP) is 3.32. The number of nitrogens with one attached hydrogen (secondary N) is 1. The second-order valence-corrected chi connectivity index (χ2v) is 8.66. The van der Waals surface area contributed by atoms with Crippen LogP contribution in [0.4, 0.5) is 14.5 Å². The molecule has 0 spiro atoms. The highest BCUT2D eigenvalue weighted by molar-refractivity contribution is 7.89. The van der Waals surface area contributed by atoms with Gasteiger partial charge in [0, 0.05) is 37.3 Å². The Morgan fingerprint density at radius 2 is 1.67 bits per heavy atom. The van der Waals surface area contributed by atoms with Crippen molar-refractivity contribution in [1.29, 1.82) is 0 Å². The molecule has 10 heteroatoms. The Balaban J connectivity index is 1.62. The molecule has 0 bridgehead atoms. The van der Waals surface area contributed by atoms with Crippen molar-refractivity contribution in [3.8, 4) is 0 Å². The van der Waals surface area contributed by atoms with Gasteiger partial charge in [0.25, 0.3) is 0 Å². The van der Waals surface area contributed by atoms with Crippen LogP contribution in [0, 0.1) is 11.6 Å². The highest BCUT2D eigenvalue weighted by Crippen LogP contribution is 2.21. The molecule has 144 valence electrons. The second kappa shape index (κ2) is 8.05. The number of benzene rings is 2. The van der Waals surface area contributed by atoms with Crippen molar-refractivity contribution in [3.63, 3.8) is 0 Å². The first kappa shape index (κ1) is 19.9. The highest BCUT2D eigenvalue weighted by Gasteiger charge is 2.29. The molecule has 27 heavy (non-hydrogen) atoms. The number of rotatable bonds is 3. The van der Waals surface area contributed by atoms with Gasteiger partial charge < -0.3 is 10.2 Å². The average molecular weight is 432 g/mol. The zero-order valence-electron chi connectivity index (χ0n) is 14.0. The summed E-state index contributed by atoms with van der Waals surface area (Å²) in [5, 5.41) is 3.45. The number of hydrogen-bond acceptors (Lipinski definition) is 3. The lowest BCUT2D eigenvalue weighted by Crippen LogP contribution is -2.51. The summed E-state index contributed by atoms with van der Waals surface area (Å²) in [7, 11) is -3.62. The Hall–Kier alpha value is -1.81. The molecule has 0 radical (unpaired) electrons. The normalized spacial score (nSPS) is 15.6. The fourth-order valence-electron chi connectivity index (χ4n) is 2.67. The van der Waals surface area contributed by atoms with E-state index in [4.69, 9.17) is 23.8 Å². The first-order valence-electron chi connectivity index (χ1n) is 8.04. The van der Waals surface area contributed by atoms with E-state index < -0.39 is 21.7 Å². The van der Waals surface area contributed by atoms with E-state index in [2.05, 4.69) is 5.32 Å². The van der Waals surface area contributed by atoms with E-state index in [1.54, 1.807) is 4.90 Å². The molecule has 0 saturated carbocycles. The quantitative estimate of drug-likeness (QED) is 0.755. The number of sulfonamides is 1. The molecule has 0 unspecified atom stereocenters. The Morgan fingerprint density at radius 1 is 1.04 bits per heavy atom. The van der Waals surface area contributed by atoms with E-state index >= 15 is 0 Å². The van der Waals surface area contributed by atoms with Crippen molar-refractivity contribution in [2.24, 2.45) is 0 Å². The number of hydrogen-bond donors (Lipinski definition) is 1. The zero-order valence-corrected chi connectivity index (χ0v) is 16.4. The highest BCUT2D eigenvalue weighted by atomic mass is 35.5. The van der Waals surface area contributed by atoms with Crippen molar-refractivity contribution in [1.82, 2.24) is 9.21 Å². The van der Waals surface area contributed by atoms with Crippen LogP contribution in [0.1, 0.15) is 0 Å². The van der Waals surface area contributed by atoms with Crippen LogP contribution >= 0.6 is 23.8 Å². The number of piperazine rings is 1. The van der Waals surface area contributed by atoms with E-state index in [0.717, 1.165) is 12.1 Å². The van der Waals surface area contributed by atoms with E-state index in [1.807, 2.05) is 0 Å². The summed E-state index contributed by atoms with van der Waals surface area (Å²) in [6, 6.07) is 9.15. The minimum atomic E-state index is -3.62. The molecule has 1 saturated heterocycles. The third-order valence-corrected chi connectivity index (χ3v) is 6.68. The van der Waals surface area contributed by atoms with E-state index in [1.165, 1.54) is 34.6 Å². The number of anilines is 1. The van der Waals surface area contributed by atoms with E-state index in [-0.39, 0.29) is 28.8 Å². The maximum atomic E-state index is 13.7. The summed E-state index contributed by atoms with van der Waals surface area (Å²) in [5.74, 6) is -1.42. The minimum Gasteiger partial charge on any atom is -0.346 e. The molecule has 1 heterocycles. The number of nitrogens with zero attached hydrogens (tertiary/aromatic N) is 2. The average Bonchev–Trinajstić information content (AvgIpc) is 2.64. The van der Waals surface area contributed by atoms with Crippen LogP contribution in [0.15, 0.2) is 47.4 Å². The van der Waals surface area contributed by atoms with Gasteiger partial charge in [0.2, 0.25) is 10.0 Å². The Bertz CT molecular complexity index is 947. The van der Waals surface area contributed by atoms with Crippen LogP contribution in [0.2, 0.25) is 5.02 Å². The monoisotopic (exact) mass is 431 g/mol. The summed E-state index contributed by atoms with van der Waals surface area (Å²) in [6.45, 7) is 1.17. The molecule has 0 aromatic heterocycles. The summed E-state index contributed by atoms with van der Waals surface area (Å²) in [4.78, 5) is 1.92. The lowest BCUT2D eigenvalue weighted by molar-refractivity contribution is 0.268. The van der Waals surface area contributed by atoms with E-state index in [0.29, 0.717) is 18.1 Å². The number of thiocarbonyl (C=S) groups is 1. The van der Waals surface area contributed by atoms with Gasteiger partial charge in [-0.15, -0.1) is 0 Å². The summed E-state index contributed by atoms with van der Waals surface area (Å²) in [6.07, 6.45) is 0. The molecular weight excluding hydrogens is 416 g/mol. The van der Waals surface area contributed by atoms with Crippen LogP contribution in [0.25, 0.3) is 0 Å². The molecule has 0 aliphatic carbocycles. The smallest absolute Gasteiger partial charge is 0.243 e.